The van der Waals surface area contributed by atoms with E-state index in [0.717, 1.165) is 5.56 Å². The molecule has 0 fully saturated rings. The van der Waals surface area contributed by atoms with E-state index in [2.05, 4.69) is 4.98 Å². The van der Waals surface area contributed by atoms with E-state index in [1.54, 1.807) is 36.7 Å². The molecule has 3 rings (SSSR count). The average molecular weight is 239 g/mol. The molecule has 1 aromatic heterocycles. The van der Waals surface area contributed by atoms with Gasteiger partial charge in [-0.2, -0.15) is 0 Å². The third kappa shape index (κ3) is 1.73. The van der Waals surface area contributed by atoms with Gasteiger partial charge < -0.3 is 9.84 Å². The van der Waals surface area contributed by atoms with Gasteiger partial charge in [0.1, 0.15) is 11.5 Å². The van der Waals surface area contributed by atoms with E-state index < -0.39 is 0 Å². The second kappa shape index (κ2) is 4.00. The molecule has 0 atom stereocenters. The van der Waals surface area contributed by atoms with Crippen molar-refractivity contribution in [2.45, 2.75) is 0 Å². The average Bonchev–Trinajstić information content (AvgIpc) is 2.67. The van der Waals surface area contributed by atoms with Crippen LogP contribution < -0.4 is 4.74 Å². The lowest BCUT2D eigenvalue weighted by Crippen LogP contribution is -1.97. The number of phenols is 1. The number of ketones is 1. The summed E-state index contributed by atoms with van der Waals surface area (Å²) in [5, 5.41) is 9.34. The molecule has 2 heterocycles. The summed E-state index contributed by atoms with van der Waals surface area (Å²) in [7, 11) is 0. The fourth-order valence-corrected chi connectivity index (χ4v) is 1.79. The first-order valence-electron chi connectivity index (χ1n) is 5.41. The lowest BCUT2D eigenvalue weighted by atomic mass is 10.1. The predicted molar refractivity (Wildman–Crippen MR) is 65.3 cm³/mol. The van der Waals surface area contributed by atoms with Crippen LogP contribution in [0, 0.1) is 0 Å². The van der Waals surface area contributed by atoms with Crippen LogP contribution in [0.3, 0.4) is 0 Å². The van der Waals surface area contributed by atoms with Gasteiger partial charge in [-0.1, -0.05) is 0 Å². The number of hydrogen-bond donors (Lipinski definition) is 1. The molecule has 1 aromatic carbocycles. The van der Waals surface area contributed by atoms with Gasteiger partial charge in [0.05, 0.1) is 5.56 Å². The minimum atomic E-state index is -0.179. The molecule has 0 amide bonds. The Kier molecular flexibility index (Phi) is 2.34. The van der Waals surface area contributed by atoms with Crippen LogP contribution in [0.4, 0.5) is 0 Å². The van der Waals surface area contributed by atoms with Gasteiger partial charge in [-0.15, -0.1) is 0 Å². The Labute approximate surface area is 103 Å². The molecule has 0 saturated carbocycles. The zero-order chi connectivity index (χ0) is 12.5. The Morgan fingerprint density at radius 2 is 1.94 bits per heavy atom. The van der Waals surface area contributed by atoms with Crippen LogP contribution in [0.1, 0.15) is 15.9 Å². The van der Waals surface area contributed by atoms with Crippen molar-refractivity contribution in [1.82, 2.24) is 4.98 Å². The molecule has 4 nitrogen and oxygen atoms in total. The lowest BCUT2D eigenvalue weighted by molar-refractivity contribution is 0.101. The molecule has 1 N–H and O–H groups in total. The fourth-order valence-electron chi connectivity index (χ4n) is 1.79. The number of carbonyl (C=O) groups is 1. The Hall–Kier alpha value is -2.62. The van der Waals surface area contributed by atoms with E-state index in [1.807, 2.05) is 0 Å². The van der Waals surface area contributed by atoms with Crippen LogP contribution in [0.15, 0.2) is 48.5 Å². The minimum absolute atomic E-state index is 0.0757. The topological polar surface area (TPSA) is 59.4 Å². The minimum Gasteiger partial charge on any atom is -0.508 e. The Morgan fingerprint density at radius 3 is 2.72 bits per heavy atom. The third-order valence-electron chi connectivity index (χ3n) is 2.66. The highest BCUT2D eigenvalue weighted by Gasteiger charge is 2.27. The maximum absolute atomic E-state index is 12.0. The monoisotopic (exact) mass is 239 g/mol. The predicted octanol–water partition coefficient (Wildman–Crippen LogP) is 2.40. The number of benzene rings is 1. The van der Waals surface area contributed by atoms with Crippen molar-refractivity contribution in [3.8, 4) is 11.5 Å². The van der Waals surface area contributed by atoms with E-state index in [0.29, 0.717) is 11.3 Å². The van der Waals surface area contributed by atoms with Crippen LogP contribution in [0.5, 0.6) is 11.5 Å². The molecule has 1 aliphatic rings. The van der Waals surface area contributed by atoms with Crippen LogP contribution in [-0.2, 0) is 0 Å². The van der Waals surface area contributed by atoms with Crippen molar-refractivity contribution in [2.75, 3.05) is 0 Å². The first kappa shape index (κ1) is 10.5. The zero-order valence-corrected chi connectivity index (χ0v) is 9.33. The van der Waals surface area contributed by atoms with Gasteiger partial charge in [0.25, 0.3) is 0 Å². The molecule has 0 spiro atoms. The summed E-state index contributed by atoms with van der Waals surface area (Å²) in [5.74, 6) is 0.538. The summed E-state index contributed by atoms with van der Waals surface area (Å²) in [6.07, 6.45) is 4.94. The molecule has 0 bridgehead atoms. The summed E-state index contributed by atoms with van der Waals surface area (Å²) in [5.41, 5.74) is 1.30. The Morgan fingerprint density at radius 1 is 1.17 bits per heavy atom. The number of Topliss-reactive ketones (excluding diaryl/α,β-unsaturated/α-hetero) is 1. The number of carbonyl (C=O) groups excluding carboxylic acids is 1. The maximum Gasteiger partial charge on any atom is 0.231 e. The molecule has 0 saturated heterocycles. The maximum atomic E-state index is 12.0. The van der Waals surface area contributed by atoms with Crippen molar-refractivity contribution in [2.24, 2.45) is 0 Å². The summed E-state index contributed by atoms with van der Waals surface area (Å²) in [6.45, 7) is 0. The Balaban J connectivity index is 2.00. The van der Waals surface area contributed by atoms with Gasteiger partial charge in [-0.25, -0.2) is 0 Å². The molecular weight excluding hydrogens is 230 g/mol. The second-order valence-corrected chi connectivity index (χ2v) is 3.90. The van der Waals surface area contributed by atoms with Gasteiger partial charge in [0, 0.05) is 18.5 Å². The van der Waals surface area contributed by atoms with Gasteiger partial charge in [0.2, 0.25) is 5.78 Å². The molecule has 2 aromatic rings. The SMILES string of the molecule is O=C1/C(=C/c2ccncc2)Oc2cc(O)ccc21. The number of allylic oxidation sites excluding steroid dienone is 1. The van der Waals surface area contributed by atoms with E-state index >= 15 is 0 Å². The van der Waals surface area contributed by atoms with E-state index in [9.17, 15) is 9.90 Å². The number of aromatic nitrogens is 1. The number of hydrogen-bond acceptors (Lipinski definition) is 4. The van der Waals surface area contributed by atoms with E-state index in [-0.39, 0.29) is 17.3 Å². The van der Waals surface area contributed by atoms with E-state index in [4.69, 9.17) is 4.74 Å². The van der Waals surface area contributed by atoms with Crippen molar-refractivity contribution in [3.63, 3.8) is 0 Å². The molecule has 0 unspecified atom stereocenters. The number of nitrogens with zero attached hydrogens (tertiary/aromatic N) is 1. The quantitative estimate of drug-likeness (QED) is 0.776. The van der Waals surface area contributed by atoms with Gasteiger partial charge >= 0.3 is 0 Å². The molecule has 18 heavy (non-hydrogen) atoms. The smallest absolute Gasteiger partial charge is 0.231 e. The molecule has 88 valence electrons. The van der Waals surface area contributed by atoms with Gasteiger partial charge in [0.15, 0.2) is 5.76 Å². The highest BCUT2D eigenvalue weighted by Crippen LogP contribution is 2.34. The summed E-state index contributed by atoms with van der Waals surface area (Å²) < 4.78 is 5.44. The molecule has 1 aliphatic heterocycles. The highest BCUT2D eigenvalue weighted by atomic mass is 16.5. The molecule has 0 radical (unpaired) electrons. The van der Waals surface area contributed by atoms with Crippen LogP contribution in [-0.4, -0.2) is 15.9 Å². The number of rotatable bonds is 1. The van der Waals surface area contributed by atoms with Crippen molar-refractivity contribution >= 4 is 11.9 Å². The molecule has 0 aliphatic carbocycles. The van der Waals surface area contributed by atoms with Crippen molar-refractivity contribution < 1.29 is 14.6 Å². The number of phenolic OH excluding ortho intramolecular Hbond substituents is 1. The van der Waals surface area contributed by atoms with Crippen LogP contribution in [0.2, 0.25) is 0 Å². The number of aromatic hydroxyl groups is 1. The first-order valence-corrected chi connectivity index (χ1v) is 5.41. The highest BCUT2D eigenvalue weighted by molar-refractivity contribution is 6.14. The summed E-state index contributed by atoms with van der Waals surface area (Å²) >= 11 is 0. The number of pyridine rings is 1. The van der Waals surface area contributed by atoms with E-state index in [1.165, 1.54) is 12.1 Å². The van der Waals surface area contributed by atoms with Crippen LogP contribution in [0.25, 0.3) is 6.08 Å². The largest absolute Gasteiger partial charge is 0.508 e. The fraction of sp³-hybridized carbons (Fsp3) is 0. The third-order valence-corrected chi connectivity index (χ3v) is 2.66. The van der Waals surface area contributed by atoms with Crippen molar-refractivity contribution in [3.05, 3.63) is 59.6 Å². The number of ether oxygens (including phenoxy) is 1. The van der Waals surface area contributed by atoms with Gasteiger partial charge in [-0.05, 0) is 35.9 Å². The summed E-state index contributed by atoms with van der Waals surface area (Å²) in [6, 6.07) is 8.02. The van der Waals surface area contributed by atoms with Crippen molar-refractivity contribution in [1.29, 1.82) is 0 Å². The molecule has 4 heteroatoms. The lowest BCUT2D eigenvalue weighted by Gasteiger charge is -1.98. The van der Waals surface area contributed by atoms with Crippen LogP contribution >= 0.6 is 0 Å². The standard InChI is InChI=1S/C14H9NO3/c16-10-1-2-11-12(8-10)18-13(14(11)17)7-9-3-5-15-6-4-9/h1-8,16H/b13-7-. The first-order chi connectivity index (χ1) is 8.74. The zero-order valence-electron chi connectivity index (χ0n) is 9.33. The number of fused-ring (bicyclic) bond motifs is 1. The normalized spacial score (nSPS) is 15.6. The Bertz CT molecular complexity index is 647. The summed E-state index contributed by atoms with van der Waals surface area (Å²) in [4.78, 5) is 15.9. The second-order valence-electron chi connectivity index (χ2n) is 3.90. The van der Waals surface area contributed by atoms with Gasteiger partial charge in [-0.3, -0.25) is 9.78 Å². The molecular formula is C14H9NO3.